The molecule has 1 saturated carbocycles. The molecule has 1 aromatic carbocycles. The van der Waals surface area contributed by atoms with Crippen molar-refractivity contribution in [3.63, 3.8) is 0 Å². The maximum Gasteiger partial charge on any atom is 0.247 e. The first-order chi connectivity index (χ1) is 16.0. The Balaban J connectivity index is 1.62. The van der Waals surface area contributed by atoms with E-state index >= 15 is 0 Å². The highest BCUT2D eigenvalue weighted by Crippen LogP contribution is 2.36. The van der Waals surface area contributed by atoms with Gasteiger partial charge in [0.2, 0.25) is 11.8 Å². The molecule has 0 bridgehead atoms. The number of aliphatic hydroxyl groups excluding tert-OH is 2. The largest absolute Gasteiger partial charge is 0.482 e. The Morgan fingerprint density at radius 2 is 2.03 bits per heavy atom. The molecule has 2 fully saturated rings. The number of nitrogens with one attached hydrogen (secondary N) is 1. The molecular formula is C24H31IN2O6. The Morgan fingerprint density at radius 1 is 1.24 bits per heavy atom. The third kappa shape index (κ3) is 6.06. The van der Waals surface area contributed by atoms with Crippen LogP contribution < -0.4 is 10.1 Å². The second-order valence-electron chi connectivity index (χ2n) is 8.85. The van der Waals surface area contributed by atoms with Gasteiger partial charge in [-0.15, -0.1) is 0 Å². The standard InChI is InChI=1S/C24H31IN2O6/c25-18-5-1-2-6-20(18)33-21-13-16(23(30)26-9-10-28)12-19(22(21)29)27(24(31)15-7-8-15)14-17-4-3-11-32-17/h1-2,5-6,13,15,17,19,21-22,28-29H,3-4,7-12,14H2,(H,26,30)/t17-,19-,21+,22+/m1/s1. The molecule has 4 atom stereocenters. The summed E-state index contributed by atoms with van der Waals surface area (Å²) in [6.07, 6.45) is 3.53. The van der Waals surface area contributed by atoms with Crippen molar-refractivity contribution < 1.29 is 29.3 Å². The topological polar surface area (TPSA) is 108 Å². The number of halogens is 1. The van der Waals surface area contributed by atoms with Crippen molar-refractivity contribution in [2.45, 2.75) is 56.5 Å². The molecule has 0 radical (unpaired) electrons. The van der Waals surface area contributed by atoms with Gasteiger partial charge in [-0.3, -0.25) is 9.59 Å². The quantitative estimate of drug-likeness (QED) is 0.390. The van der Waals surface area contributed by atoms with Crippen LogP contribution in [0.1, 0.15) is 32.1 Å². The van der Waals surface area contributed by atoms with Gasteiger partial charge in [-0.2, -0.15) is 0 Å². The van der Waals surface area contributed by atoms with Crippen LogP contribution in [-0.2, 0) is 14.3 Å². The third-order valence-corrected chi connectivity index (χ3v) is 7.24. The van der Waals surface area contributed by atoms with Gasteiger partial charge in [-0.25, -0.2) is 0 Å². The normalized spacial score (nSPS) is 27.1. The van der Waals surface area contributed by atoms with Crippen molar-refractivity contribution >= 4 is 34.4 Å². The minimum atomic E-state index is -1.00. The van der Waals surface area contributed by atoms with Crippen molar-refractivity contribution in [2.24, 2.45) is 5.92 Å². The van der Waals surface area contributed by atoms with E-state index in [1.807, 2.05) is 24.3 Å². The van der Waals surface area contributed by atoms with Gasteiger partial charge in [0.25, 0.3) is 0 Å². The van der Waals surface area contributed by atoms with Crippen molar-refractivity contribution in [1.29, 1.82) is 0 Å². The summed E-state index contributed by atoms with van der Waals surface area (Å²) in [5, 5.41) is 23.2. The second kappa shape index (κ2) is 11.2. The van der Waals surface area contributed by atoms with Crippen LogP contribution in [0.2, 0.25) is 0 Å². The first-order valence-corrected chi connectivity index (χ1v) is 12.7. The highest BCUT2D eigenvalue weighted by atomic mass is 127. The molecule has 3 N–H and O–H groups in total. The number of amides is 2. The van der Waals surface area contributed by atoms with Crippen LogP contribution in [0.4, 0.5) is 0 Å². The Bertz CT molecular complexity index is 883. The average molecular weight is 570 g/mol. The zero-order valence-corrected chi connectivity index (χ0v) is 20.6. The molecule has 2 aliphatic carbocycles. The maximum absolute atomic E-state index is 13.3. The summed E-state index contributed by atoms with van der Waals surface area (Å²) in [6.45, 7) is 1.04. The number of ether oxygens (including phenoxy) is 2. The van der Waals surface area contributed by atoms with E-state index in [1.165, 1.54) is 0 Å². The molecule has 8 nitrogen and oxygen atoms in total. The van der Waals surface area contributed by atoms with Crippen molar-refractivity contribution in [3.05, 3.63) is 39.5 Å². The van der Waals surface area contributed by atoms with E-state index in [4.69, 9.17) is 14.6 Å². The van der Waals surface area contributed by atoms with Crippen LogP contribution in [-0.4, -0.2) is 77.6 Å². The molecule has 1 saturated heterocycles. The number of hydrogen-bond acceptors (Lipinski definition) is 6. The first-order valence-electron chi connectivity index (χ1n) is 11.6. The van der Waals surface area contributed by atoms with Crippen LogP contribution in [0.15, 0.2) is 35.9 Å². The van der Waals surface area contributed by atoms with E-state index < -0.39 is 18.2 Å². The van der Waals surface area contributed by atoms with Gasteiger partial charge < -0.3 is 29.9 Å². The number of rotatable bonds is 9. The first kappa shape index (κ1) is 24.4. The fraction of sp³-hybridized carbons (Fsp3) is 0.583. The number of carbonyl (C=O) groups excluding carboxylic acids is 2. The molecule has 1 heterocycles. The van der Waals surface area contributed by atoms with Crippen LogP contribution in [0.25, 0.3) is 0 Å². The van der Waals surface area contributed by atoms with E-state index in [2.05, 4.69) is 27.9 Å². The molecule has 1 aromatic rings. The van der Waals surface area contributed by atoms with Crippen molar-refractivity contribution in [3.8, 4) is 5.75 Å². The molecule has 0 unspecified atom stereocenters. The summed E-state index contributed by atoms with van der Waals surface area (Å²) in [5.41, 5.74) is 0.440. The van der Waals surface area contributed by atoms with E-state index in [9.17, 15) is 14.7 Å². The lowest BCUT2D eigenvalue weighted by Crippen LogP contribution is -2.57. The summed E-state index contributed by atoms with van der Waals surface area (Å²) in [7, 11) is 0. The zero-order chi connectivity index (χ0) is 23.4. The Morgan fingerprint density at radius 3 is 2.70 bits per heavy atom. The highest BCUT2D eigenvalue weighted by molar-refractivity contribution is 14.1. The van der Waals surface area contributed by atoms with E-state index in [1.54, 1.807) is 11.0 Å². The van der Waals surface area contributed by atoms with Gasteiger partial charge in [0.1, 0.15) is 18.0 Å². The fourth-order valence-corrected chi connectivity index (χ4v) is 4.94. The summed E-state index contributed by atoms with van der Waals surface area (Å²) in [6, 6.07) is 6.87. The minimum absolute atomic E-state index is 0.0135. The summed E-state index contributed by atoms with van der Waals surface area (Å²) in [5.74, 6) is 0.270. The Kier molecular flexibility index (Phi) is 8.26. The van der Waals surface area contributed by atoms with Gasteiger partial charge in [0, 0.05) is 37.6 Å². The smallest absolute Gasteiger partial charge is 0.247 e. The number of nitrogens with zero attached hydrogens (tertiary/aromatic N) is 1. The monoisotopic (exact) mass is 570 g/mol. The van der Waals surface area contributed by atoms with Crippen molar-refractivity contribution in [1.82, 2.24) is 10.2 Å². The molecule has 9 heteroatoms. The molecule has 33 heavy (non-hydrogen) atoms. The van der Waals surface area contributed by atoms with Gasteiger partial charge >= 0.3 is 0 Å². The zero-order valence-electron chi connectivity index (χ0n) is 18.5. The number of benzene rings is 1. The molecule has 1 aliphatic heterocycles. The van der Waals surface area contributed by atoms with Crippen LogP contribution >= 0.6 is 22.6 Å². The predicted molar refractivity (Wildman–Crippen MR) is 130 cm³/mol. The van der Waals surface area contributed by atoms with E-state index in [0.717, 1.165) is 29.3 Å². The van der Waals surface area contributed by atoms with Crippen LogP contribution in [0, 0.1) is 9.49 Å². The molecule has 2 amide bonds. The predicted octanol–water partition coefficient (Wildman–Crippen LogP) is 1.62. The molecule has 4 rings (SSSR count). The number of aliphatic hydroxyl groups is 2. The molecule has 0 spiro atoms. The lowest BCUT2D eigenvalue weighted by Gasteiger charge is -2.41. The number of carbonyl (C=O) groups is 2. The fourth-order valence-electron chi connectivity index (χ4n) is 4.43. The SMILES string of the molecule is O=C(NCCO)C1=C[C@H](Oc2ccccc2I)[C@@H](O)[C@H](N(C[C@H]2CCCO2)C(=O)C2CC2)C1. The van der Waals surface area contributed by atoms with Gasteiger partial charge in [-0.05, 0) is 66.5 Å². The van der Waals surface area contributed by atoms with Crippen LogP contribution in [0.3, 0.4) is 0 Å². The molecule has 3 aliphatic rings. The Hall–Kier alpha value is -1.69. The average Bonchev–Trinajstić information content (AvgIpc) is 3.54. The van der Waals surface area contributed by atoms with Gasteiger partial charge in [0.15, 0.2) is 0 Å². The minimum Gasteiger partial charge on any atom is -0.482 e. The lowest BCUT2D eigenvalue weighted by molar-refractivity contribution is -0.142. The van der Waals surface area contributed by atoms with Gasteiger partial charge in [-0.1, -0.05) is 12.1 Å². The lowest BCUT2D eigenvalue weighted by atomic mass is 9.87. The third-order valence-electron chi connectivity index (χ3n) is 6.35. The molecule has 180 valence electrons. The maximum atomic E-state index is 13.3. The van der Waals surface area contributed by atoms with E-state index in [-0.39, 0.29) is 43.4 Å². The highest BCUT2D eigenvalue weighted by Gasteiger charge is 2.44. The van der Waals surface area contributed by atoms with Crippen molar-refractivity contribution in [2.75, 3.05) is 26.3 Å². The number of hydrogen-bond donors (Lipinski definition) is 3. The molecule has 0 aromatic heterocycles. The summed E-state index contributed by atoms with van der Waals surface area (Å²) in [4.78, 5) is 27.8. The summed E-state index contributed by atoms with van der Waals surface area (Å²) >= 11 is 2.16. The van der Waals surface area contributed by atoms with E-state index in [0.29, 0.717) is 24.5 Å². The Labute approximate surface area is 207 Å². The number of para-hydroxylation sites is 1. The van der Waals surface area contributed by atoms with Crippen LogP contribution in [0.5, 0.6) is 5.75 Å². The summed E-state index contributed by atoms with van der Waals surface area (Å²) < 4.78 is 12.8. The van der Waals surface area contributed by atoms with Gasteiger partial charge in [0.05, 0.1) is 22.3 Å². The molecular weight excluding hydrogens is 539 g/mol. The second-order valence-corrected chi connectivity index (χ2v) is 10.0.